The molecule has 0 saturated carbocycles. The fourth-order valence-corrected chi connectivity index (χ4v) is 3.75. The molecule has 1 atom stereocenters. The number of carbonyl (C=O) groups is 4. The Morgan fingerprint density at radius 3 is 2.34 bits per heavy atom. The van der Waals surface area contributed by atoms with Gasteiger partial charge in [0, 0.05) is 5.56 Å². The highest BCUT2D eigenvalue weighted by Crippen LogP contribution is 2.26. The number of hydrazone groups is 1. The van der Waals surface area contributed by atoms with E-state index in [9.17, 15) is 19.2 Å². The molecule has 14 heteroatoms. The van der Waals surface area contributed by atoms with Gasteiger partial charge < -0.3 is 24.3 Å². The van der Waals surface area contributed by atoms with Crippen molar-refractivity contribution < 1.29 is 42.5 Å². The summed E-state index contributed by atoms with van der Waals surface area (Å²) in [6.45, 7) is 10.2. The van der Waals surface area contributed by atoms with Gasteiger partial charge in [0.1, 0.15) is 28.2 Å². The van der Waals surface area contributed by atoms with E-state index < -0.39 is 47.4 Å². The first-order valence-corrected chi connectivity index (χ1v) is 12.6. The summed E-state index contributed by atoms with van der Waals surface area (Å²) in [5, 5.41) is 6.43. The molecule has 0 unspecified atom stereocenters. The molecule has 38 heavy (non-hydrogen) atoms. The predicted octanol–water partition coefficient (Wildman–Crippen LogP) is 3.77. The molecule has 0 bridgehead atoms. The number of amides is 3. The van der Waals surface area contributed by atoms with E-state index >= 15 is 4.39 Å². The van der Waals surface area contributed by atoms with Crippen molar-refractivity contribution in [3.63, 3.8) is 0 Å². The summed E-state index contributed by atoms with van der Waals surface area (Å²) in [6.07, 6.45) is -2.91. The summed E-state index contributed by atoms with van der Waals surface area (Å²) >= 11 is 0.841. The first kappa shape index (κ1) is 30.7. The molecule has 1 aromatic rings. The maximum Gasteiger partial charge on any atom is 0.428 e. The number of cyclic esters (lactones) is 1. The number of rotatable bonds is 7. The number of ether oxygens (including phenoxy) is 4. The van der Waals surface area contributed by atoms with Gasteiger partial charge in [-0.3, -0.25) is 9.69 Å². The summed E-state index contributed by atoms with van der Waals surface area (Å²) < 4.78 is 35.3. The highest BCUT2D eigenvalue weighted by atomic mass is 32.2. The van der Waals surface area contributed by atoms with Crippen molar-refractivity contribution in [3.8, 4) is 0 Å². The monoisotopic (exact) mass is 556 g/mol. The third-order valence-corrected chi connectivity index (χ3v) is 5.41. The Bertz CT molecular complexity index is 1080. The van der Waals surface area contributed by atoms with Crippen molar-refractivity contribution in [1.82, 2.24) is 10.7 Å². The molecule has 1 aliphatic heterocycles. The van der Waals surface area contributed by atoms with Crippen LogP contribution in [0.1, 0.15) is 47.1 Å². The number of alkyl carbamates (subject to hydrolysis) is 1. The van der Waals surface area contributed by atoms with E-state index in [1.54, 1.807) is 41.5 Å². The van der Waals surface area contributed by atoms with Crippen molar-refractivity contribution in [2.24, 2.45) is 5.10 Å². The number of benzene rings is 1. The number of hydrogen-bond donors (Lipinski definition) is 2. The first-order valence-electron chi connectivity index (χ1n) is 11.6. The van der Waals surface area contributed by atoms with E-state index in [4.69, 9.17) is 14.2 Å². The van der Waals surface area contributed by atoms with Crippen molar-refractivity contribution in [2.45, 2.75) is 58.8 Å². The minimum atomic E-state index is -0.864. The third-order valence-electron chi connectivity index (χ3n) is 4.44. The van der Waals surface area contributed by atoms with Gasteiger partial charge >= 0.3 is 24.2 Å². The molecule has 0 radical (unpaired) electrons. The molecular formula is C24H33FN4O8S. The zero-order valence-electron chi connectivity index (χ0n) is 22.4. The number of carbonyl (C=O) groups excluding carboxylic acids is 4. The number of halogens is 1. The van der Waals surface area contributed by atoms with Gasteiger partial charge in [-0.15, -0.1) is 0 Å². The van der Waals surface area contributed by atoms with Crippen LogP contribution in [0.5, 0.6) is 0 Å². The zero-order chi connectivity index (χ0) is 28.7. The van der Waals surface area contributed by atoms with Crippen LogP contribution >= 0.6 is 11.8 Å². The van der Waals surface area contributed by atoms with Gasteiger partial charge in [-0.1, -0.05) is 11.8 Å². The summed E-state index contributed by atoms with van der Waals surface area (Å²) in [7, 11) is 1.21. The Morgan fingerprint density at radius 1 is 1.13 bits per heavy atom. The molecule has 12 nitrogen and oxygen atoms in total. The van der Waals surface area contributed by atoms with Crippen LogP contribution in [0.4, 0.5) is 24.5 Å². The van der Waals surface area contributed by atoms with Gasteiger partial charge in [0.05, 0.1) is 31.6 Å². The van der Waals surface area contributed by atoms with Crippen LogP contribution in [0.15, 0.2) is 23.3 Å². The van der Waals surface area contributed by atoms with E-state index in [0.29, 0.717) is 0 Å². The lowest BCUT2D eigenvalue weighted by Crippen LogP contribution is -2.38. The number of hydrogen-bond acceptors (Lipinski definition) is 10. The van der Waals surface area contributed by atoms with Crippen molar-refractivity contribution in [1.29, 1.82) is 0 Å². The maximum atomic E-state index is 15.2. The molecule has 2 rings (SSSR count). The van der Waals surface area contributed by atoms with Crippen LogP contribution in [-0.2, 0) is 23.7 Å². The topological polar surface area (TPSA) is 145 Å². The van der Waals surface area contributed by atoms with E-state index in [-0.39, 0.29) is 35.1 Å². The molecule has 1 heterocycles. The highest BCUT2D eigenvalue weighted by molar-refractivity contribution is 8.14. The Kier molecular flexibility index (Phi) is 10.3. The van der Waals surface area contributed by atoms with Crippen LogP contribution < -0.4 is 15.6 Å². The number of esters is 1. The number of nitrogens with one attached hydrogen (secondary N) is 2. The SMILES string of the molecule is COC(=O)CSC(=NNC(=O)OC(C)(C)C)c1ccc(N2C[C@H](CNC(=O)OC(C)(C)C)OC2=O)cc1F. The molecule has 1 aliphatic rings. The van der Waals surface area contributed by atoms with Gasteiger partial charge in [-0.2, -0.15) is 5.10 Å². The Hall–Kier alpha value is -3.55. The first-order chi connectivity index (χ1) is 17.6. The lowest BCUT2D eigenvalue weighted by atomic mass is 10.2. The van der Waals surface area contributed by atoms with Crippen LogP contribution in [-0.4, -0.2) is 72.6 Å². The molecule has 3 amide bonds. The second kappa shape index (κ2) is 12.8. The van der Waals surface area contributed by atoms with Gasteiger partial charge in [-0.05, 0) is 59.7 Å². The van der Waals surface area contributed by atoms with E-state index in [2.05, 4.69) is 20.6 Å². The van der Waals surface area contributed by atoms with E-state index in [0.717, 1.165) is 17.8 Å². The fraction of sp³-hybridized carbons (Fsp3) is 0.542. The molecule has 1 fully saturated rings. The zero-order valence-corrected chi connectivity index (χ0v) is 23.2. The average Bonchev–Trinajstić information content (AvgIpc) is 3.16. The second-order valence-corrected chi connectivity index (χ2v) is 11.0. The third kappa shape index (κ3) is 10.1. The number of thioether (sulfide) groups is 1. The molecule has 0 aromatic heterocycles. The molecular weight excluding hydrogens is 523 g/mol. The van der Waals surface area contributed by atoms with E-state index in [1.807, 2.05) is 0 Å². The van der Waals surface area contributed by atoms with Crippen LogP contribution in [0, 0.1) is 5.82 Å². The Morgan fingerprint density at radius 2 is 1.76 bits per heavy atom. The minimum absolute atomic E-state index is 0.00896. The lowest BCUT2D eigenvalue weighted by molar-refractivity contribution is -0.137. The maximum absolute atomic E-state index is 15.2. The molecule has 1 saturated heterocycles. The molecule has 0 aliphatic carbocycles. The molecule has 1 aromatic carbocycles. The van der Waals surface area contributed by atoms with Gasteiger partial charge in [0.25, 0.3) is 0 Å². The van der Waals surface area contributed by atoms with Gasteiger partial charge in [-0.25, -0.2) is 24.2 Å². The van der Waals surface area contributed by atoms with Crippen LogP contribution in [0.2, 0.25) is 0 Å². The number of methoxy groups -OCH3 is 1. The largest absolute Gasteiger partial charge is 0.468 e. The van der Waals surface area contributed by atoms with Crippen molar-refractivity contribution in [3.05, 3.63) is 29.6 Å². The molecule has 2 N–H and O–H groups in total. The lowest BCUT2D eigenvalue weighted by Gasteiger charge is -2.20. The quantitative estimate of drug-likeness (QED) is 0.169. The summed E-state index contributed by atoms with van der Waals surface area (Å²) in [6, 6.07) is 3.91. The normalized spacial score (nSPS) is 16.0. The van der Waals surface area contributed by atoms with Crippen LogP contribution in [0.25, 0.3) is 0 Å². The summed E-state index contributed by atoms with van der Waals surface area (Å²) in [5.74, 6) is -1.55. The Labute approximate surface area is 224 Å². The van der Waals surface area contributed by atoms with Gasteiger partial charge in [0.15, 0.2) is 0 Å². The average molecular weight is 557 g/mol. The standard InChI is InChI=1S/C24H33FN4O8S/c1-23(2,3)36-20(31)26-11-15-12-29(22(33)35-15)14-8-9-16(17(25)10-14)19(38-13-18(30)34-7)27-28-21(32)37-24(4,5)6/h8-10,15H,11-13H2,1-7H3,(H,26,31)(H,28,32)/t15-/m0/s1. The van der Waals surface area contributed by atoms with Gasteiger partial charge in [0.2, 0.25) is 0 Å². The van der Waals surface area contributed by atoms with Crippen molar-refractivity contribution >= 4 is 46.7 Å². The highest BCUT2D eigenvalue weighted by Gasteiger charge is 2.33. The number of anilines is 1. The number of nitrogens with zero attached hydrogens (tertiary/aromatic N) is 2. The summed E-state index contributed by atoms with van der Waals surface area (Å²) in [4.78, 5) is 49.1. The minimum Gasteiger partial charge on any atom is -0.468 e. The Balaban J connectivity index is 2.15. The second-order valence-electron chi connectivity index (χ2n) is 10.1. The van der Waals surface area contributed by atoms with Crippen molar-refractivity contribution in [2.75, 3.05) is 30.9 Å². The smallest absolute Gasteiger partial charge is 0.428 e. The fourth-order valence-electron chi connectivity index (χ4n) is 2.95. The van der Waals surface area contributed by atoms with Crippen LogP contribution in [0.3, 0.4) is 0 Å². The molecule has 0 spiro atoms. The van der Waals surface area contributed by atoms with E-state index in [1.165, 1.54) is 24.1 Å². The molecule has 210 valence electrons. The predicted molar refractivity (Wildman–Crippen MR) is 139 cm³/mol. The summed E-state index contributed by atoms with van der Waals surface area (Å²) in [5.41, 5.74) is 0.893.